The lowest BCUT2D eigenvalue weighted by atomic mass is 9.88. The van der Waals surface area contributed by atoms with Crippen molar-refractivity contribution in [1.82, 2.24) is 0 Å². The number of aryl methyl sites for hydroxylation is 1. The van der Waals surface area contributed by atoms with Crippen molar-refractivity contribution in [3.63, 3.8) is 0 Å². The molecule has 1 aliphatic heterocycles. The van der Waals surface area contributed by atoms with Crippen LogP contribution in [-0.2, 0) is 25.5 Å². The third-order valence-corrected chi connectivity index (χ3v) is 9.10. The van der Waals surface area contributed by atoms with E-state index in [0.717, 1.165) is 60.2 Å². The van der Waals surface area contributed by atoms with Gasteiger partial charge >= 0.3 is 0 Å². The number of nitrogens with one attached hydrogen (secondary N) is 1. The monoisotopic (exact) mass is 548 g/mol. The van der Waals surface area contributed by atoms with Crippen LogP contribution in [0.15, 0.2) is 77.7 Å². The zero-order chi connectivity index (χ0) is 27.4. The van der Waals surface area contributed by atoms with E-state index in [-0.39, 0.29) is 23.3 Å². The number of carbonyl (C=O) groups excluding carboxylic acids is 1. The number of hydrogen-bond acceptors (Lipinski definition) is 6. The van der Waals surface area contributed by atoms with Crippen molar-refractivity contribution in [1.29, 1.82) is 0 Å². The quantitative estimate of drug-likeness (QED) is 0.349. The number of amides is 1. The highest BCUT2D eigenvalue weighted by molar-refractivity contribution is 7.86. The van der Waals surface area contributed by atoms with Crippen LogP contribution in [0, 0.1) is 12.8 Å². The summed E-state index contributed by atoms with van der Waals surface area (Å²) in [5.41, 5.74) is 4.64. The molecule has 7 nitrogen and oxygen atoms in total. The summed E-state index contributed by atoms with van der Waals surface area (Å²) < 4.78 is 30.9. The fourth-order valence-electron chi connectivity index (χ4n) is 5.69. The number of aliphatic hydroxyl groups is 1. The third-order valence-electron chi connectivity index (χ3n) is 7.80. The smallest absolute Gasteiger partial charge is 0.297 e. The lowest BCUT2D eigenvalue weighted by Gasteiger charge is -2.34. The van der Waals surface area contributed by atoms with Crippen molar-refractivity contribution in [2.24, 2.45) is 5.92 Å². The zero-order valence-electron chi connectivity index (χ0n) is 22.3. The molecular weight excluding hydrogens is 512 g/mol. The second-order valence-electron chi connectivity index (χ2n) is 10.6. The highest BCUT2D eigenvalue weighted by atomic mass is 32.2. The molecule has 2 N–H and O–H groups in total. The minimum atomic E-state index is -4.02. The number of fused-ring (bicyclic) bond motifs is 1. The van der Waals surface area contributed by atoms with Gasteiger partial charge < -0.3 is 15.3 Å². The number of benzene rings is 3. The molecule has 3 aromatic rings. The molecule has 2 aliphatic rings. The summed E-state index contributed by atoms with van der Waals surface area (Å²) in [5.74, 6) is 0.173. The van der Waals surface area contributed by atoms with E-state index >= 15 is 0 Å². The van der Waals surface area contributed by atoms with E-state index in [1.54, 1.807) is 12.1 Å². The Morgan fingerprint density at radius 1 is 1.03 bits per heavy atom. The molecule has 2 atom stereocenters. The number of anilines is 2. The summed E-state index contributed by atoms with van der Waals surface area (Å²) in [6.45, 7) is 2.15. The molecule has 0 aromatic heterocycles. The molecule has 1 aliphatic carbocycles. The molecule has 0 unspecified atom stereocenters. The molecule has 39 heavy (non-hydrogen) atoms. The van der Waals surface area contributed by atoms with Crippen LogP contribution >= 0.6 is 0 Å². The first kappa shape index (κ1) is 27.4. The first-order valence-electron chi connectivity index (χ1n) is 13.7. The Morgan fingerprint density at radius 2 is 1.74 bits per heavy atom. The molecule has 0 radical (unpaired) electrons. The van der Waals surface area contributed by atoms with E-state index in [1.165, 1.54) is 18.6 Å². The van der Waals surface area contributed by atoms with Crippen LogP contribution in [0.2, 0.25) is 0 Å². The molecule has 8 heteroatoms. The predicted molar refractivity (Wildman–Crippen MR) is 152 cm³/mol. The van der Waals surface area contributed by atoms with Gasteiger partial charge in [-0.3, -0.25) is 8.98 Å². The standard InChI is InChI=1S/C31H36N2O5S/c1-22-12-15-27(16-13-22)39(36,37)38-21-29(34)30(23-8-4-2-5-9-23)33-19-18-25-20-26(14-17-28(25)33)32-31(35)24-10-6-3-7-11-24/h2,4-5,8-9,12-17,20,24,29-30,34H,3,6-7,10-11,18-19,21H2,1H3,(H,32,35)/t29-,30-/m0/s1. The predicted octanol–water partition coefficient (Wildman–Crippen LogP) is 5.38. The van der Waals surface area contributed by atoms with Crippen LogP contribution < -0.4 is 10.2 Å². The van der Waals surface area contributed by atoms with Gasteiger partial charge in [-0.1, -0.05) is 67.3 Å². The second kappa shape index (κ2) is 11.9. The van der Waals surface area contributed by atoms with Crippen molar-refractivity contribution < 1.29 is 22.5 Å². The molecule has 0 spiro atoms. The molecule has 5 rings (SSSR count). The average Bonchev–Trinajstić information content (AvgIpc) is 3.36. The topological polar surface area (TPSA) is 95.9 Å². The third kappa shape index (κ3) is 6.35. The van der Waals surface area contributed by atoms with Gasteiger partial charge in [0.15, 0.2) is 0 Å². The highest BCUT2D eigenvalue weighted by Crippen LogP contribution is 2.38. The van der Waals surface area contributed by atoms with Gasteiger partial charge in [0, 0.05) is 23.8 Å². The molecule has 0 saturated heterocycles. The van der Waals surface area contributed by atoms with Crippen LogP contribution in [0.25, 0.3) is 0 Å². The van der Waals surface area contributed by atoms with E-state index in [2.05, 4.69) is 10.2 Å². The molecule has 1 fully saturated rings. The van der Waals surface area contributed by atoms with Crippen molar-refractivity contribution in [2.75, 3.05) is 23.4 Å². The van der Waals surface area contributed by atoms with Crippen molar-refractivity contribution in [2.45, 2.75) is 62.5 Å². The zero-order valence-corrected chi connectivity index (χ0v) is 23.1. The summed E-state index contributed by atoms with van der Waals surface area (Å²) in [7, 11) is -4.02. The van der Waals surface area contributed by atoms with E-state index < -0.39 is 22.3 Å². The van der Waals surface area contributed by atoms with E-state index in [1.807, 2.05) is 55.5 Å². The lowest BCUT2D eigenvalue weighted by Crippen LogP contribution is -2.38. The molecule has 0 bridgehead atoms. The number of nitrogens with zero attached hydrogens (tertiary/aromatic N) is 1. The lowest BCUT2D eigenvalue weighted by molar-refractivity contribution is -0.120. The van der Waals surface area contributed by atoms with Crippen LogP contribution in [0.4, 0.5) is 11.4 Å². The Morgan fingerprint density at radius 3 is 2.46 bits per heavy atom. The van der Waals surface area contributed by atoms with Gasteiger partial charge in [-0.25, -0.2) is 0 Å². The summed E-state index contributed by atoms with van der Waals surface area (Å²) in [6.07, 6.45) is 4.96. The first-order chi connectivity index (χ1) is 18.8. The number of aliphatic hydroxyl groups excluding tert-OH is 1. The van der Waals surface area contributed by atoms with Crippen LogP contribution in [0.5, 0.6) is 0 Å². The summed E-state index contributed by atoms with van der Waals surface area (Å²) in [5, 5.41) is 14.4. The molecule has 3 aromatic carbocycles. The Hall–Kier alpha value is -3.20. The Bertz CT molecular complexity index is 1390. The van der Waals surface area contributed by atoms with Gasteiger partial charge in [-0.2, -0.15) is 8.42 Å². The van der Waals surface area contributed by atoms with Crippen LogP contribution in [0.1, 0.15) is 54.8 Å². The van der Waals surface area contributed by atoms with Crippen molar-refractivity contribution >= 4 is 27.4 Å². The maximum atomic E-state index is 12.8. The Balaban J connectivity index is 1.33. The number of rotatable bonds is 9. The summed E-state index contributed by atoms with van der Waals surface area (Å²) in [4.78, 5) is 14.9. The van der Waals surface area contributed by atoms with E-state index in [9.17, 15) is 18.3 Å². The van der Waals surface area contributed by atoms with Crippen molar-refractivity contribution in [3.05, 3.63) is 89.5 Å². The molecule has 1 saturated carbocycles. The summed E-state index contributed by atoms with van der Waals surface area (Å²) >= 11 is 0. The largest absolute Gasteiger partial charge is 0.388 e. The van der Waals surface area contributed by atoms with Crippen LogP contribution in [-0.4, -0.2) is 38.7 Å². The Labute approximate surface area is 230 Å². The normalized spacial score (nSPS) is 17.4. The minimum absolute atomic E-state index is 0.0610. The first-order valence-corrected chi connectivity index (χ1v) is 15.1. The highest BCUT2D eigenvalue weighted by Gasteiger charge is 2.34. The fourth-order valence-corrected chi connectivity index (χ4v) is 6.61. The van der Waals surface area contributed by atoms with Gasteiger partial charge in [-0.15, -0.1) is 0 Å². The van der Waals surface area contributed by atoms with E-state index in [4.69, 9.17) is 4.18 Å². The average molecular weight is 549 g/mol. The minimum Gasteiger partial charge on any atom is -0.388 e. The van der Waals surface area contributed by atoms with Crippen LogP contribution in [0.3, 0.4) is 0 Å². The van der Waals surface area contributed by atoms with E-state index in [0.29, 0.717) is 6.54 Å². The molecule has 1 amide bonds. The number of carbonyl (C=O) groups is 1. The molecule has 1 heterocycles. The second-order valence-corrected chi connectivity index (χ2v) is 12.2. The molecular formula is C31H36N2O5S. The number of hydrogen-bond donors (Lipinski definition) is 2. The molecule has 206 valence electrons. The van der Waals surface area contributed by atoms with Gasteiger partial charge in [0.05, 0.1) is 17.5 Å². The van der Waals surface area contributed by atoms with Crippen molar-refractivity contribution in [3.8, 4) is 0 Å². The van der Waals surface area contributed by atoms with Gasteiger partial charge in [0.25, 0.3) is 10.1 Å². The Kier molecular flexibility index (Phi) is 8.35. The maximum absolute atomic E-state index is 12.8. The van der Waals surface area contributed by atoms with Gasteiger partial charge in [0.1, 0.15) is 6.10 Å². The fraction of sp³-hybridized carbons (Fsp3) is 0.387. The van der Waals surface area contributed by atoms with Gasteiger partial charge in [0.2, 0.25) is 5.91 Å². The SMILES string of the molecule is Cc1ccc(S(=O)(=O)OC[C@H](O)[C@H](c2ccccc2)N2CCc3cc(NC(=O)C4CCCCC4)ccc32)cc1. The summed E-state index contributed by atoms with van der Waals surface area (Å²) in [6, 6.07) is 21.4. The maximum Gasteiger partial charge on any atom is 0.297 e. The van der Waals surface area contributed by atoms with Gasteiger partial charge in [-0.05, 0) is 67.6 Å².